The Hall–Kier alpha value is -1.78. The maximum absolute atomic E-state index is 13.7. The molecule has 3 rings (SSSR count). The zero-order valence-corrected chi connectivity index (χ0v) is 11.6. The number of hydrogen-bond donors (Lipinski definition) is 0. The van der Waals surface area contributed by atoms with Crippen LogP contribution in [0.2, 0.25) is 5.02 Å². The van der Waals surface area contributed by atoms with Crippen molar-refractivity contribution in [2.24, 2.45) is 0 Å². The molecule has 0 saturated carbocycles. The molecule has 5 heteroatoms. The molecule has 20 heavy (non-hydrogen) atoms. The first kappa shape index (κ1) is 13.2. The Kier molecular flexibility index (Phi) is 3.28. The van der Waals surface area contributed by atoms with E-state index in [1.54, 1.807) is 12.1 Å². The molecule has 1 nitrogen and oxygen atoms in total. The van der Waals surface area contributed by atoms with Crippen LogP contribution in [0, 0.1) is 11.6 Å². The summed E-state index contributed by atoms with van der Waals surface area (Å²) in [6, 6.07) is 9.82. The molecule has 0 N–H and O–H groups in total. The molecule has 3 aromatic rings. The summed E-state index contributed by atoms with van der Waals surface area (Å²) in [6.45, 7) is 0. The van der Waals surface area contributed by atoms with Gasteiger partial charge in [-0.2, -0.15) is 0 Å². The number of benzene rings is 2. The summed E-state index contributed by atoms with van der Waals surface area (Å²) >= 11 is 6.80. The van der Waals surface area contributed by atoms with E-state index in [0.29, 0.717) is 9.58 Å². The molecule has 0 amide bonds. The number of hydrogen-bond acceptors (Lipinski definition) is 2. The largest absolute Gasteiger partial charge is 0.288 e. The van der Waals surface area contributed by atoms with Crippen LogP contribution in [0.25, 0.3) is 10.1 Å². The lowest BCUT2D eigenvalue weighted by Gasteiger charge is -2.00. The topological polar surface area (TPSA) is 17.1 Å². The van der Waals surface area contributed by atoms with E-state index >= 15 is 0 Å². The molecule has 0 radical (unpaired) electrons. The van der Waals surface area contributed by atoms with Gasteiger partial charge in [0.15, 0.2) is 0 Å². The molecule has 1 aromatic heterocycles. The Balaban J connectivity index is 2.08. The van der Waals surface area contributed by atoms with E-state index in [4.69, 9.17) is 11.6 Å². The van der Waals surface area contributed by atoms with Gasteiger partial charge < -0.3 is 0 Å². The van der Waals surface area contributed by atoms with Crippen molar-refractivity contribution in [2.45, 2.75) is 0 Å². The molecule has 0 atom stereocenters. The fourth-order valence-corrected chi connectivity index (χ4v) is 3.12. The van der Waals surface area contributed by atoms with E-state index in [2.05, 4.69) is 0 Å². The third kappa shape index (κ3) is 2.32. The van der Waals surface area contributed by atoms with E-state index in [1.807, 2.05) is 0 Å². The summed E-state index contributed by atoms with van der Waals surface area (Å²) in [7, 11) is 0. The molecule has 0 saturated heterocycles. The SMILES string of the molecule is O=C(c1cc2ccc(F)cc2s1)c1ccc(Cl)cc1F. The van der Waals surface area contributed by atoms with Crippen molar-refractivity contribution in [2.75, 3.05) is 0 Å². The molecule has 0 bridgehead atoms. The molecule has 0 unspecified atom stereocenters. The minimum absolute atomic E-state index is 0.0403. The fourth-order valence-electron chi connectivity index (χ4n) is 1.92. The Labute approximate surface area is 122 Å². The van der Waals surface area contributed by atoms with Crippen molar-refractivity contribution < 1.29 is 13.6 Å². The lowest BCUT2D eigenvalue weighted by atomic mass is 10.1. The summed E-state index contributed by atoms with van der Waals surface area (Å²) in [5.74, 6) is -1.46. The highest BCUT2D eigenvalue weighted by Gasteiger charge is 2.17. The van der Waals surface area contributed by atoms with Gasteiger partial charge in [0, 0.05) is 9.72 Å². The number of carbonyl (C=O) groups is 1. The summed E-state index contributed by atoms with van der Waals surface area (Å²) in [4.78, 5) is 12.6. The van der Waals surface area contributed by atoms with Gasteiger partial charge in [-0.3, -0.25) is 4.79 Å². The molecular formula is C15H7ClF2OS. The van der Waals surface area contributed by atoms with E-state index in [-0.39, 0.29) is 16.4 Å². The zero-order chi connectivity index (χ0) is 14.3. The van der Waals surface area contributed by atoms with Crippen LogP contribution >= 0.6 is 22.9 Å². The van der Waals surface area contributed by atoms with E-state index < -0.39 is 11.6 Å². The number of halogens is 3. The van der Waals surface area contributed by atoms with Crippen molar-refractivity contribution in [3.05, 3.63) is 69.6 Å². The third-order valence-electron chi connectivity index (χ3n) is 2.88. The van der Waals surface area contributed by atoms with Crippen LogP contribution < -0.4 is 0 Å². The zero-order valence-electron chi connectivity index (χ0n) is 9.99. The molecular weight excluding hydrogens is 302 g/mol. The predicted molar refractivity (Wildman–Crippen MR) is 76.6 cm³/mol. The summed E-state index contributed by atoms with van der Waals surface area (Å²) in [6.07, 6.45) is 0. The second kappa shape index (κ2) is 4.96. The minimum atomic E-state index is -0.661. The molecule has 0 aliphatic rings. The number of ketones is 1. The van der Waals surface area contributed by atoms with Gasteiger partial charge in [-0.1, -0.05) is 17.7 Å². The average Bonchev–Trinajstić information content (AvgIpc) is 2.81. The molecule has 0 spiro atoms. The van der Waals surface area contributed by atoms with Gasteiger partial charge in [0.25, 0.3) is 0 Å². The van der Waals surface area contributed by atoms with Crippen molar-refractivity contribution in [3.63, 3.8) is 0 Å². The predicted octanol–water partition coefficient (Wildman–Crippen LogP) is 5.06. The first-order valence-electron chi connectivity index (χ1n) is 5.73. The highest BCUT2D eigenvalue weighted by Crippen LogP contribution is 2.29. The molecule has 0 aliphatic heterocycles. The van der Waals surface area contributed by atoms with Gasteiger partial charge in [0.1, 0.15) is 11.6 Å². The van der Waals surface area contributed by atoms with Gasteiger partial charge in [0.05, 0.1) is 10.4 Å². The van der Waals surface area contributed by atoms with Crippen LogP contribution in [0.4, 0.5) is 8.78 Å². The van der Waals surface area contributed by atoms with Gasteiger partial charge in [-0.05, 0) is 41.8 Å². The first-order valence-corrected chi connectivity index (χ1v) is 6.93. The molecule has 0 fully saturated rings. The van der Waals surface area contributed by atoms with Crippen molar-refractivity contribution in [3.8, 4) is 0 Å². The van der Waals surface area contributed by atoms with Crippen LogP contribution in [0.1, 0.15) is 15.2 Å². The average molecular weight is 309 g/mol. The van der Waals surface area contributed by atoms with Gasteiger partial charge >= 0.3 is 0 Å². The monoisotopic (exact) mass is 308 g/mol. The lowest BCUT2D eigenvalue weighted by molar-refractivity contribution is 0.103. The van der Waals surface area contributed by atoms with E-state index in [0.717, 1.165) is 22.8 Å². The summed E-state index contributed by atoms with van der Waals surface area (Å²) in [5.41, 5.74) is -0.0403. The Bertz CT molecular complexity index is 826. The Morgan fingerprint density at radius 3 is 2.60 bits per heavy atom. The van der Waals surface area contributed by atoms with E-state index in [9.17, 15) is 13.6 Å². The number of fused-ring (bicyclic) bond motifs is 1. The summed E-state index contributed by atoms with van der Waals surface area (Å²) < 4.78 is 27.5. The van der Waals surface area contributed by atoms with Gasteiger partial charge in [-0.15, -0.1) is 11.3 Å². The molecule has 0 aliphatic carbocycles. The smallest absolute Gasteiger partial charge is 0.205 e. The highest BCUT2D eigenvalue weighted by atomic mass is 35.5. The van der Waals surface area contributed by atoms with Crippen LogP contribution in [-0.4, -0.2) is 5.78 Å². The number of carbonyl (C=O) groups excluding carboxylic acids is 1. The minimum Gasteiger partial charge on any atom is -0.288 e. The maximum Gasteiger partial charge on any atom is 0.205 e. The normalized spacial score (nSPS) is 10.9. The Morgan fingerprint density at radius 1 is 1.05 bits per heavy atom. The molecule has 1 heterocycles. The van der Waals surface area contributed by atoms with Crippen molar-refractivity contribution in [1.29, 1.82) is 0 Å². The van der Waals surface area contributed by atoms with Crippen LogP contribution in [0.15, 0.2) is 42.5 Å². The van der Waals surface area contributed by atoms with Crippen LogP contribution in [0.5, 0.6) is 0 Å². The second-order valence-electron chi connectivity index (χ2n) is 4.25. The number of thiophene rings is 1. The van der Waals surface area contributed by atoms with Crippen LogP contribution in [0.3, 0.4) is 0 Å². The highest BCUT2D eigenvalue weighted by molar-refractivity contribution is 7.21. The fraction of sp³-hybridized carbons (Fsp3) is 0. The van der Waals surface area contributed by atoms with Gasteiger partial charge in [0.2, 0.25) is 5.78 Å². The lowest BCUT2D eigenvalue weighted by Crippen LogP contribution is -2.01. The van der Waals surface area contributed by atoms with Crippen LogP contribution in [-0.2, 0) is 0 Å². The Morgan fingerprint density at radius 2 is 1.85 bits per heavy atom. The maximum atomic E-state index is 13.7. The molecule has 2 aromatic carbocycles. The quantitative estimate of drug-likeness (QED) is 0.604. The second-order valence-corrected chi connectivity index (χ2v) is 5.77. The first-order chi connectivity index (χ1) is 9.54. The molecule has 100 valence electrons. The van der Waals surface area contributed by atoms with Crippen molar-refractivity contribution in [1.82, 2.24) is 0 Å². The van der Waals surface area contributed by atoms with Crippen molar-refractivity contribution >= 4 is 38.8 Å². The van der Waals surface area contributed by atoms with Gasteiger partial charge in [-0.25, -0.2) is 8.78 Å². The standard InChI is InChI=1S/C15H7ClF2OS/c16-9-2-4-11(12(18)6-9)15(19)14-5-8-1-3-10(17)7-13(8)20-14/h1-7H. The summed E-state index contributed by atoms with van der Waals surface area (Å²) in [5, 5.41) is 0.992. The van der Waals surface area contributed by atoms with E-state index in [1.165, 1.54) is 24.3 Å². The third-order valence-corrected chi connectivity index (χ3v) is 4.21. The number of rotatable bonds is 2.